The van der Waals surface area contributed by atoms with E-state index in [0.29, 0.717) is 23.0 Å². The molecule has 3 N–H and O–H groups in total. The number of nitrogen functional groups attached to an aromatic ring is 1. The third-order valence-corrected chi connectivity index (χ3v) is 3.13. The van der Waals surface area contributed by atoms with Crippen molar-refractivity contribution in [3.05, 3.63) is 53.7 Å². The molecule has 0 bridgehead atoms. The Balaban J connectivity index is 1.82. The van der Waals surface area contributed by atoms with Crippen molar-refractivity contribution in [1.29, 1.82) is 0 Å². The number of carbonyl (C=O) groups excluding carboxylic acids is 1. The van der Waals surface area contributed by atoms with E-state index >= 15 is 0 Å². The van der Waals surface area contributed by atoms with Gasteiger partial charge in [-0.2, -0.15) is 4.98 Å². The molecule has 0 aliphatic heterocycles. The van der Waals surface area contributed by atoms with Crippen molar-refractivity contribution in [1.82, 2.24) is 15.5 Å². The molecule has 0 radical (unpaired) electrons. The largest absolute Gasteiger partial charge is 0.398 e. The summed E-state index contributed by atoms with van der Waals surface area (Å²) < 4.78 is 4.94. The number of hydrogen-bond donors (Lipinski definition) is 2. The molecule has 6 heteroatoms. The Hall–Kier alpha value is -2.89. The molecule has 1 aromatic heterocycles. The van der Waals surface area contributed by atoms with E-state index in [2.05, 4.69) is 15.5 Å². The first kappa shape index (κ1) is 13.1. The molecule has 21 heavy (non-hydrogen) atoms. The minimum Gasteiger partial charge on any atom is -0.398 e. The Bertz CT molecular complexity index is 810. The fourth-order valence-electron chi connectivity index (χ4n) is 2.12. The molecular formula is C15H14N4O2. The summed E-state index contributed by atoms with van der Waals surface area (Å²) in [7, 11) is 0. The predicted octanol–water partition coefficient (Wildman–Crippen LogP) is 2.04. The van der Waals surface area contributed by atoms with Crippen LogP contribution in [0.4, 0.5) is 5.69 Å². The van der Waals surface area contributed by atoms with Crippen LogP contribution in [0.1, 0.15) is 22.1 Å². The summed E-state index contributed by atoms with van der Waals surface area (Å²) in [6, 6.07) is 11.3. The predicted molar refractivity (Wildman–Crippen MR) is 78.6 cm³/mol. The lowest BCUT2D eigenvalue weighted by molar-refractivity contribution is 0.0947. The second kappa shape index (κ2) is 5.24. The van der Waals surface area contributed by atoms with Crippen molar-refractivity contribution in [3.8, 4) is 0 Å². The zero-order valence-corrected chi connectivity index (χ0v) is 11.5. The molecule has 0 atom stereocenters. The van der Waals surface area contributed by atoms with Gasteiger partial charge in [-0.15, -0.1) is 0 Å². The number of fused-ring (bicyclic) bond motifs is 1. The van der Waals surface area contributed by atoms with Crippen LogP contribution in [0.3, 0.4) is 0 Å². The number of aromatic nitrogens is 2. The molecule has 2 aromatic carbocycles. The molecule has 0 unspecified atom stereocenters. The van der Waals surface area contributed by atoms with Crippen molar-refractivity contribution >= 4 is 22.4 Å². The zero-order chi connectivity index (χ0) is 14.8. The molecule has 0 saturated carbocycles. The lowest BCUT2D eigenvalue weighted by Gasteiger charge is -2.08. The first-order valence-electron chi connectivity index (χ1n) is 6.49. The van der Waals surface area contributed by atoms with Crippen LogP contribution in [0.15, 0.2) is 40.9 Å². The monoisotopic (exact) mass is 282 g/mol. The van der Waals surface area contributed by atoms with E-state index in [1.807, 2.05) is 24.3 Å². The van der Waals surface area contributed by atoms with Crippen LogP contribution in [-0.4, -0.2) is 16.0 Å². The molecule has 6 nitrogen and oxygen atoms in total. The molecule has 0 saturated heterocycles. The normalized spacial score (nSPS) is 10.7. The summed E-state index contributed by atoms with van der Waals surface area (Å²) in [5.74, 6) is 0.624. The number of aryl methyl sites for hydroxylation is 1. The number of anilines is 1. The number of nitrogens with two attached hydrogens (primary N) is 1. The molecular weight excluding hydrogens is 268 g/mol. The number of benzene rings is 2. The lowest BCUT2D eigenvalue weighted by Crippen LogP contribution is -2.24. The van der Waals surface area contributed by atoms with Crippen LogP contribution in [-0.2, 0) is 6.54 Å². The highest BCUT2D eigenvalue weighted by Crippen LogP contribution is 2.21. The maximum absolute atomic E-state index is 12.2. The third-order valence-electron chi connectivity index (χ3n) is 3.13. The molecule has 106 valence electrons. The highest BCUT2D eigenvalue weighted by molar-refractivity contribution is 6.03. The Morgan fingerprint density at radius 3 is 2.67 bits per heavy atom. The summed E-state index contributed by atoms with van der Waals surface area (Å²) in [5, 5.41) is 8.35. The van der Waals surface area contributed by atoms with E-state index in [4.69, 9.17) is 10.3 Å². The van der Waals surface area contributed by atoms with Crippen molar-refractivity contribution in [2.24, 2.45) is 0 Å². The Morgan fingerprint density at radius 1 is 1.29 bits per heavy atom. The average molecular weight is 282 g/mol. The number of nitrogens with zero attached hydrogens (tertiary/aromatic N) is 2. The third kappa shape index (κ3) is 2.69. The minimum absolute atomic E-state index is 0.173. The van der Waals surface area contributed by atoms with Gasteiger partial charge in [0.05, 0.1) is 12.1 Å². The Morgan fingerprint density at radius 2 is 2.00 bits per heavy atom. The Kier molecular flexibility index (Phi) is 3.27. The summed E-state index contributed by atoms with van der Waals surface area (Å²) in [6.07, 6.45) is 0. The maximum Gasteiger partial charge on any atom is 0.253 e. The molecule has 1 amide bonds. The lowest BCUT2D eigenvalue weighted by atomic mass is 10.0. The van der Waals surface area contributed by atoms with Crippen LogP contribution in [0.25, 0.3) is 10.8 Å². The van der Waals surface area contributed by atoms with Crippen LogP contribution < -0.4 is 11.1 Å². The van der Waals surface area contributed by atoms with Gasteiger partial charge in [0.25, 0.3) is 5.91 Å². The first-order chi connectivity index (χ1) is 10.1. The number of amides is 1. The summed E-state index contributed by atoms with van der Waals surface area (Å²) >= 11 is 0. The van der Waals surface area contributed by atoms with Gasteiger partial charge in [-0.1, -0.05) is 29.4 Å². The van der Waals surface area contributed by atoms with E-state index < -0.39 is 0 Å². The molecule has 0 fully saturated rings. The topological polar surface area (TPSA) is 94.0 Å². The first-order valence-corrected chi connectivity index (χ1v) is 6.49. The van der Waals surface area contributed by atoms with Gasteiger partial charge in [0, 0.05) is 5.69 Å². The van der Waals surface area contributed by atoms with Gasteiger partial charge in [-0.05, 0) is 29.8 Å². The van der Waals surface area contributed by atoms with E-state index in [-0.39, 0.29) is 12.5 Å². The van der Waals surface area contributed by atoms with Crippen LogP contribution in [0, 0.1) is 6.92 Å². The van der Waals surface area contributed by atoms with Crippen LogP contribution >= 0.6 is 0 Å². The standard InChI is InChI=1S/C15H14N4O2/c1-9-18-14(21-19-9)8-17-15(20)12-6-10-4-2-3-5-11(10)7-13(12)16/h2-7H,8,16H2,1H3,(H,17,20). The highest BCUT2D eigenvalue weighted by atomic mass is 16.5. The van der Waals surface area contributed by atoms with Crippen molar-refractivity contribution < 1.29 is 9.32 Å². The van der Waals surface area contributed by atoms with Gasteiger partial charge in [-0.3, -0.25) is 4.79 Å². The zero-order valence-electron chi connectivity index (χ0n) is 11.5. The van der Waals surface area contributed by atoms with Gasteiger partial charge in [0.15, 0.2) is 5.82 Å². The molecule has 0 spiro atoms. The maximum atomic E-state index is 12.2. The molecule has 0 aliphatic carbocycles. The highest BCUT2D eigenvalue weighted by Gasteiger charge is 2.12. The van der Waals surface area contributed by atoms with Crippen LogP contribution in [0.2, 0.25) is 0 Å². The molecule has 3 aromatic rings. The second-order valence-electron chi connectivity index (χ2n) is 4.70. The quantitative estimate of drug-likeness (QED) is 0.717. The van der Waals surface area contributed by atoms with E-state index in [1.54, 1.807) is 19.1 Å². The minimum atomic E-state index is -0.269. The summed E-state index contributed by atoms with van der Waals surface area (Å²) in [6.45, 7) is 1.89. The average Bonchev–Trinajstić information content (AvgIpc) is 2.89. The van der Waals surface area contributed by atoms with Crippen molar-refractivity contribution in [2.45, 2.75) is 13.5 Å². The van der Waals surface area contributed by atoms with Gasteiger partial charge >= 0.3 is 0 Å². The number of nitrogens with one attached hydrogen (secondary N) is 1. The van der Waals surface area contributed by atoms with E-state index in [1.165, 1.54) is 0 Å². The van der Waals surface area contributed by atoms with Crippen LogP contribution in [0.5, 0.6) is 0 Å². The van der Waals surface area contributed by atoms with Gasteiger partial charge in [0.1, 0.15) is 0 Å². The van der Waals surface area contributed by atoms with Crippen molar-refractivity contribution in [2.75, 3.05) is 5.73 Å². The van der Waals surface area contributed by atoms with Gasteiger partial charge < -0.3 is 15.6 Å². The fraction of sp³-hybridized carbons (Fsp3) is 0.133. The Labute approximate surface area is 121 Å². The molecule has 0 aliphatic rings. The second-order valence-corrected chi connectivity index (χ2v) is 4.70. The SMILES string of the molecule is Cc1noc(CNC(=O)c2cc3ccccc3cc2N)n1. The molecule has 3 rings (SSSR count). The van der Waals surface area contributed by atoms with Crippen molar-refractivity contribution in [3.63, 3.8) is 0 Å². The fourth-order valence-corrected chi connectivity index (χ4v) is 2.12. The van der Waals surface area contributed by atoms with E-state index in [0.717, 1.165) is 10.8 Å². The summed E-state index contributed by atoms with van der Waals surface area (Å²) in [4.78, 5) is 16.2. The van der Waals surface area contributed by atoms with Gasteiger partial charge in [0.2, 0.25) is 5.89 Å². The smallest absolute Gasteiger partial charge is 0.253 e. The molecule has 1 heterocycles. The number of rotatable bonds is 3. The summed E-state index contributed by atoms with van der Waals surface area (Å²) in [5.41, 5.74) is 6.82. The number of hydrogen-bond acceptors (Lipinski definition) is 5. The van der Waals surface area contributed by atoms with E-state index in [9.17, 15) is 4.79 Å². The number of carbonyl (C=O) groups is 1. The van der Waals surface area contributed by atoms with Gasteiger partial charge in [-0.25, -0.2) is 0 Å².